The Morgan fingerprint density at radius 2 is 1.68 bits per heavy atom. The third-order valence-electron chi connectivity index (χ3n) is 7.05. The van der Waals surface area contributed by atoms with E-state index in [0.717, 1.165) is 35.1 Å². The van der Waals surface area contributed by atoms with Crippen LogP contribution in [0.1, 0.15) is 49.7 Å². The van der Waals surface area contributed by atoms with Gasteiger partial charge in [-0.15, -0.1) is 0 Å². The second kappa shape index (κ2) is 9.85. The van der Waals surface area contributed by atoms with Crippen LogP contribution in [0.5, 0.6) is 0 Å². The highest BCUT2D eigenvalue weighted by atomic mass is 16.5. The standard InChI is InChI=1S/C26H30N2O6/c1-26(13-7-6-12-21(26)23(30)27-22(14-29)24(31)32)28-25(33)34-15-20-18-10-4-2-8-16(18)17-9-3-5-11-19(17)20/h2-5,8-11,20-22,29H,6-7,12-15H2,1H3,(H,27,30)(H,28,33)(H,31,32)/t21?,22-,26?/m1/s1. The zero-order valence-electron chi connectivity index (χ0n) is 19.1. The SMILES string of the molecule is CC1(NC(=O)OCC2c3ccccc3-c3ccccc32)CCCCC1C(=O)N[C@H](CO)C(=O)O. The average molecular weight is 467 g/mol. The first kappa shape index (κ1) is 23.8. The Morgan fingerprint density at radius 1 is 1.06 bits per heavy atom. The van der Waals surface area contributed by atoms with Crippen LogP contribution in [0, 0.1) is 5.92 Å². The molecule has 2 aliphatic carbocycles. The highest BCUT2D eigenvalue weighted by Crippen LogP contribution is 2.44. The molecule has 1 fully saturated rings. The van der Waals surface area contributed by atoms with Crippen molar-refractivity contribution in [2.45, 2.75) is 50.1 Å². The maximum absolute atomic E-state index is 12.9. The first-order valence-corrected chi connectivity index (χ1v) is 11.6. The summed E-state index contributed by atoms with van der Waals surface area (Å²) in [5, 5.41) is 23.7. The summed E-state index contributed by atoms with van der Waals surface area (Å²) >= 11 is 0. The molecule has 4 N–H and O–H groups in total. The Labute approximate surface area is 198 Å². The van der Waals surface area contributed by atoms with Gasteiger partial charge in [0.2, 0.25) is 5.91 Å². The highest BCUT2D eigenvalue weighted by Gasteiger charge is 2.43. The maximum Gasteiger partial charge on any atom is 0.407 e. The van der Waals surface area contributed by atoms with Crippen molar-refractivity contribution in [3.8, 4) is 11.1 Å². The van der Waals surface area contributed by atoms with Crippen LogP contribution in [0.15, 0.2) is 48.5 Å². The number of hydrogen-bond acceptors (Lipinski definition) is 5. The number of nitrogens with one attached hydrogen (secondary N) is 2. The smallest absolute Gasteiger partial charge is 0.407 e. The van der Waals surface area contributed by atoms with Crippen LogP contribution < -0.4 is 10.6 Å². The van der Waals surface area contributed by atoms with Crippen LogP contribution in [-0.2, 0) is 14.3 Å². The number of alkyl carbamates (subject to hydrolysis) is 1. The Balaban J connectivity index is 1.43. The molecule has 2 aromatic rings. The van der Waals surface area contributed by atoms with E-state index >= 15 is 0 Å². The van der Waals surface area contributed by atoms with E-state index in [-0.39, 0.29) is 12.5 Å². The van der Waals surface area contributed by atoms with Gasteiger partial charge in [-0.05, 0) is 42.0 Å². The number of amides is 2. The fourth-order valence-electron chi connectivity index (χ4n) is 5.23. The lowest BCUT2D eigenvalue weighted by Crippen LogP contribution is -2.59. The number of aliphatic carboxylic acids is 1. The monoisotopic (exact) mass is 466 g/mol. The summed E-state index contributed by atoms with van der Waals surface area (Å²) in [5.74, 6) is -2.51. The number of fused-ring (bicyclic) bond motifs is 3. The Hall–Kier alpha value is -3.39. The third kappa shape index (κ3) is 4.63. The van der Waals surface area contributed by atoms with Crippen molar-refractivity contribution in [1.29, 1.82) is 0 Å². The largest absolute Gasteiger partial charge is 0.480 e. The molecule has 8 nitrogen and oxygen atoms in total. The molecule has 2 aromatic carbocycles. The molecule has 0 saturated heterocycles. The van der Waals surface area contributed by atoms with E-state index in [1.54, 1.807) is 6.92 Å². The zero-order chi connectivity index (χ0) is 24.3. The van der Waals surface area contributed by atoms with Crippen molar-refractivity contribution in [3.63, 3.8) is 0 Å². The second-order valence-electron chi connectivity index (χ2n) is 9.25. The van der Waals surface area contributed by atoms with E-state index in [1.807, 2.05) is 36.4 Å². The summed E-state index contributed by atoms with van der Waals surface area (Å²) < 4.78 is 5.66. The van der Waals surface area contributed by atoms with Gasteiger partial charge >= 0.3 is 12.1 Å². The van der Waals surface area contributed by atoms with Crippen molar-refractivity contribution in [1.82, 2.24) is 10.6 Å². The molecule has 2 amide bonds. The normalized spacial score (nSPS) is 22.2. The predicted molar refractivity (Wildman–Crippen MR) is 125 cm³/mol. The van der Waals surface area contributed by atoms with E-state index in [4.69, 9.17) is 9.84 Å². The molecule has 0 spiro atoms. The molecule has 34 heavy (non-hydrogen) atoms. The second-order valence-corrected chi connectivity index (χ2v) is 9.25. The molecule has 2 unspecified atom stereocenters. The zero-order valence-corrected chi connectivity index (χ0v) is 19.1. The van der Waals surface area contributed by atoms with E-state index < -0.39 is 42.1 Å². The molecular formula is C26H30N2O6. The molecule has 1 saturated carbocycles. The van der Waals surface area contributed by atoms with Gasteiger partial charge in [0.25, 0.3) is 0 Å². The minimum absolute atomic E-state index is 0.0720. The first-order chi connectivity index (χ1) is 16.3. The number of hydrogen-bond donors (Lipinski definition) is 4. The number of rotatable bonds is 7. The molecule has 2 aliphatic rings. The van der Waals surface area contributed by atoms with E-state index in [2.05, 4.69) is 22.8 Å². The number of carboxylic acid groups (broad SMARTS) is 1. The van der Waals surface area contributed by atoms with Gasteiger partial charge in [0.15, 0.2) is 0 Å². The Bertz CT molecular complexity index is 1040. The first-order valence-electron chi connectivity index (χ1n) is 11.6. The number of aliphatic hydroxyl groups excluding tert-OH is 1. The topological polar surface area (TPSA) is 125 Å². The highest BCUT2D eigenvalue weighted by molar-refractivity contribution is 5.86. The number of carbonyl (C=O) groups excluding carboxylic acids is 2. The Kier molecular flexibility index (Phi) is 6.88. The maximum atomic E-state index is 12.9. The van der Waals surface area contributed by atoms with Gasteiger partial charge in [-0.2, -0.15) is 0 Å². The van der Waals surface area contributed by atoms with Crippen LogP contribution in [0.4, 0.5) is 4.79 Å². The van der Waals surface area contributed by atoms with Gasteiger partial charge in [-0.25, -0.2) is 9.59 Å². The number of ether oxygens (including phenoxy) is 1. The number of aliphatic hydroxyl groups is 1. The minimum atomic E-state index is -1.38. The van der Waals surface area contributed by atoms with Crippen molar-refractivity contribution in [2.24, 2.45) is 5.92 Å². The summed E-state index contributed by atoms with van der Waals surface area (Å²) in [6.45, 7) is 1.25. The van der Waals surface area contributed by atoms with E-state index in [0.29, 0.717) is 12.8 Å². The third-order valence-corrected chi connectivity index (χ3v) is 7.05. The molecule has 4 rings (SSSR count). The van der Waals surface area contributed by atoms with Crippen molar-refractivity contribution in [2.75, 3.05) is 13.2 Å². The van der Waals surface area contributed by atoms with Crippen LogP contribution >= 0.6 is 0 Å². The molecule has 0 aromatic heterocycles. The van der Waals surface area contributed by atoms with E-state index in [9.17, 15) is 19.5 Å². The fourth-order valence-corrected chi connectivity index (χ4v) is 5.23. The Morgan fingerprint density at radius 3 is 2.26 bits per heavy atom. The molecule has 3 atom stereocenters. The summed E-state index contributed by atoms with van der Waals surface area (Å²) in [7, 11) is 0. The summed E-state index contributed by atoms with van der Waals surface area (Å²) in [6, 6.07) is 14.8. The summed E-state index contributed by atoms with van der Waals surface area (Å²) in [6.07, 6.45) is 2.07. The molecule has 0 aliphatic heterocycles. The lowest BCUT2D eigenvalue weighted by molar-refractivity contribution is -0.144. The van der Waals surface area contributed by atoms with E-state index in [1.165, 1.54) is 0 Å². The van der Waals surface area contributed by atoms with Gasteiger partial charge in [0, 0.05) is 5.92 Å². The lowest BCUT2D eigenvalue weighted by Gasteiger charge is -2.41. The number of benzene rings is 2. The minimum Gasteiger partial charge on any atom is -0.480 e. The lowest BCUT2D eigenvalue weighted by atomic mass is 9.73. The van der Waals surface area contributed by atoms with Gasteiger partial charge in [0.05, 0.1) is 18.1 Å². The molecule has 0 bridgehead atoms. The number of carboxylic acids is 1. The summed E-state index contributed by atoms with van der Waals surface area (Å²) in [4.78, 5) is 36.9. The van der Waals surface area contributed by atoms with Crippen molar-refractivity contribution in [3.05, 3.63) is 59.7 Å². The molecular weight excluding hydrogens is 436 g/mol. The molecule has 8 heteroatoms. The fraction of sp³-hybridized carbons (Fsp3) is 0.423. The summed E-state index contributed by atoms with van der Waals surface area (Å²) in [5.41, 5.74) is 3.62. The van der Waals surface area contributed by atoms with Crippen LogP contribution in [0.2, 0.25) is 0 Å². The van der Waals surface area contributed by atoms with Gasteiger partial charge in [-0.3, -0.25) is 4.79 Å². The quantitative estimate of drug-likeness (QED) is 0.497. The predicted octanol–water partition coefficient (Wildman–Crippen LogP) is 3.04. The molecule has 0 heterocycles. The van der Waals surface area contributed by atoms with Crippen molar-refractivity contribution < 1.29 is 29.3 Å². The van der Waals surface area contributed by atoms with Gasteiger partial charge in [-0.1, -0.05) is 61.4 Å². The molecule has 180 valence electrons. The van der Waals surface area contributed by atoms with Crippen LogP contribution in [-0.4, -0.2) is 53.0 Å². The average Bonchev–Trinajstić information content (AvgIpc) is 3.14. The number of carbonyl (C=O) groups is 3. The van der Waals surface area contributed by atoms with Gasteiger partial charge < -0.3 is 25.6 Å². The van der Waals surface area contributed by atoms with Crippen LogP contribution in [0.25, 0.3) is 11.1 Å². The van der Waals surface area contributed by atoms with Gasteiger partial charge in [0.1, 0.15) is 12.6 Å². The molecule has 0 radical (unpaired) electrons. The van der Waals surface area contributed by atoms with Crippen molar-refractivity contribution >= 4 is 18.0 Å². The van der Waals surface area contributed by atoms with Crippen LogP contribution in [0.3, 0.4) is 0 Å².